The molecule has 28 heavy (non-hydrogen) atoms. The third kappa shape index (κ3) is 5.08. The van der Waals surface area contributed by atoms with E-state index in [0.29, 0.717) is 22.3 Å². The minimum atomic E-state index is -4.40. The maximum Gasteiger partial charge on any atom is 0.416 e. The molecule has 8 heteroatoms. The minimum Gasteiger partial charge on any atom is -0.306 e. The summed E-state index contributed by atoms with van der Waals surface area (Å²) in [5.41, 5.74) is 0.457. The number of aliphatic imine (C=N–C) groups is 1. The van der Waals surface area contributed by atoms with E-state index in [1.807, 2.05) is 0 Å². The standard InChI is InChI=1S/C20H26F3N3OS/c1-12-8-15(10-16(9-12)20(21,22)23)18-17(28-19(25-18)24-14(3)27)11-26-7-5-4-6-13(26)2/h8-10,13,17-18H,4-7,11H2,1-3H3,(H,24,25,27)/t13-,17?,18?/m1/s1. The van der Waals surface area contributed by atoms with Gasteiger partial charge in [-0.25, -0.2) is 0 Å². The van der Waals surface area contributed by atoms with E-state index in [1.54, 1.807) is 13.0 Å². The number of hydrogen-bond donors (Lipinski definition) is 1. The zero-order valence-corrected chi connectivity index (χ0v) is 17.2. The molecule has 1 aromatic rings. The Morgan fingerprint density at radius 2 is 2.07 bits per heavy atom. The zero-order valence-electron chi connectivity index (χ0n) is 16.3. The fourth-order valence-corrected chi connectivity index (χ4v) is 5.17. The second-order valence-corrected chi connectivity index (χ2v) is 8.91. The van der Waals surface area contributed by atoms with E-state index < -0.39 is 17.8 Å². The highest BCUT2D eigenvalue weighted by molar-refractivity contribution is 8.14. The first kappa shape index (κ1) is 21.2. The van der Waals surface area contributed by atoms with Gasteiger partial charge in [-0.05, 0) is 50.9 Å². The summed E-state index contributed by atoms with van der Waals surface area (Å²) >= 11 is 1.45. The van der Waals surface area contributed by atoms with Crippen LogP contribution in [0.1, 0.15) is 55.8 Å². The molecule has 0 spiro atoms. The van der Waals surface area contributed by atoms with Gasteiger partial charge in [0.25, 0.3) is 0 Å². The summed E-state index contributed by atoms with van der Waals surface area (Å²) in [4.78, 5) is 18.4. The molecule has 1 fully saturated rings. The number of carbonyl (C=O) groups excluding carboxylic acids is 1. The lowest BCUT2D eigenvalue weighted by atomic mass is 9.97. The molecular weight excluding hydrogens is 387 g/mol. The molecule has 0 bridgehead atoms. The minimum absolute atomic E-state index is 0.0368. The predicted molar refractivity (Wildman–Crippen MR) is 106 cm³/mol. The van der Waals surface area contributed by atoms with Gasteiger partial charge in [0.1, 0.15) is 0 Å². The highest BCUT2D eigenvalue weighted by Gasteiger charge is 2.37. The number of aryl methyl sites for hydroxylation is 1. The number of rotatable bonds is 3. The second kappa shape index (κ2) is 8.45. The van der Waals surface area contributed by atoms with Crippen LogP contribution in [0.15, 0.2) is 23.2 Å². The number of thioether (sulfide) groups is 1. The van der Waals surface area contributed by atoms with Crippen molar-refractivity contribution in [2.45, 2.75) is 63.5 Å². The van der Waals surface area contributed by atoms with Gasteiger partial charge in [-0.15, -0.1) is 0 Å². The summed E-state index contributed by atoms with van der Waals surface area (Å²) < 4.78 is 39.9. The van der Waals surface area contributed by atoms with E-state index >= 15 is 0 Å². The SMILES string of the molecule is CC(=O)NC1=NC(c2cc(C)cc(C(F)(F)F)c2)C(CN2CCCC[C@H]2C)S1. The van der Waals surface area contributed by atoms with Gasteiger partial charge in [-0.2, -0.15) is 13.2 Å². The average molecular weight is 414 g/mol. The van der Waals surface area contributed by atoms with Gasteiger partial charge in [0, 0.05) is 19.5 Å². The smallest absolute Gasteiger partial charge is 0.306 e. The van der Waals surface area contributed by atoms with E-state index in [4.69, 9.17) is 0 Å². The monoisotopic (exact) mass is 413 g/mol. The first-order chi connectivity index (χ1) is 13.1. The molecule has 1 saturated heterocycles. The van der Waals surface area contributed by atoms with Crippen LogP contribution in [0, 0.1) is 6.92 Å². The van der Waals surface area contributed by atoms with Gasteiger partial charge >= 0.3 is 6.18 Å². The topological polar surface area (TPSA) is 44.7 Å². The van der Waals surface area contributed by atoms with Gasteiger partial charge in [-0.3, -0.25) is 14.7 Å². The summed E-state index contributed by atoms with van der Waals surface area (Å²) in [6.07, 6.45) is -0.925. The Kier molecular flexibility index (Phi) is 6.39. The van der Waals surface area contributed by atoms with Crippen LogP contribution in [0.2, 0.25) is 0 Å². The van der Waals surface area contributed by atoms with Crippen LogP contribution >= 0.6 is 11.8 Å². The number of hydrogen-bond acceptors (Lipinski definition) is 4. The first-order valence-corrected chi connectivity index (χ1v) is 10.5. The van der Waals surface area contributed by atoms with Crippen LogP contribution in [0.4, 0.5) is 13.2 Å². The molecule has 2 aliphatic rings. The van der Waals surface area contributed by atoms with E-state index in [-0.39, 0.29) is 11.2 Å². The molecule has 1 amide bonds. The molecular formula is C20H26F3N3OS. The number of amidine groups is 1. The molecule has 0 aliphatic carbocycles. The Balaban J connectivity index is 1.90. The van der Waals surface area contributed by atoms with E-state index in [2.05, 4.69) is 22.1 Å². The summed E-state index contributed by atoms with van der Waals surface area (Å²) in [6.45, 7) is 6.99. The van der Waals surface area contributed by atoms with Crippen LogP contribution < -0.4 is 5.32 Å². The van der Waals surface area contributed by atoms with Crippen molar-refractivity contribution in [2.75, 3.05) is 13.1 Å². The second-order valence-electron chi connectivity index (χ2n) is 7.69. The first-order valence-electron chi connectivity index (χ1n) is 9.58. The van der Waals surface area contributed by atoms with Gasteiger partial charge in [0.2, 0.25) is 5.91 Å². The lowest BCUT2D eigenvalue weighted by molar-refractivity contribution is -0.137. The third-order valence-electron chi connectivity index (χ3n) is 5.28. The number of benzene rings is 1. The van der Waals surface area contributed by atoms with Crippen LogP contribution in [-0.4, -0.2) is 40.4 Å². The van der Waals surface area contributed by atoms with Gasteiger partial charge in [0.15, 0.2) is 5.17 Å². The number of nitrogens with one attached hydrogen (secondary N) is 1. The largest absolute Gasteiger partial charge is 0.416 e. The van der Waals surface area contributed by atoms with Crippen molar-refractivity contribution < 1.29 is 18.0 Å². The quantitative estimate of drug-likeness (QED) is 0.792. The van der Waals surface area contributed by atoms with Crippen molar-refractivity contribution in [3.8, 4) is 0 Å². The predicted octanol–water partition coefficient (Wildman–Crippen LogP) is 4.54. The summed E-state index contributed by atoms with van der Waals surface area (Å²) in [5.74, 6) is -0.225. The molecule has 0 aromatic heterocycles. The fraction of sp³-hybridized carbons (Fsp3) is 0.600. The number of piperidine rings is 1. The Morgan fingerprint density at radius 1 is 1.32 bits per heavy atom. The Hall–Kier alpha value is -1.54. The number of halogens is 3. The third-order valence-corrected chi connectivity index (χ3v) is 6.42. The van der Waals surface area contributed by atoms with Crippen LogP contribution in [0.5, 0.6) is 0 Å². The highest BCUT2D eigenvalue weighted by atomic mass is 32.2. The molecule has 1 N–H and O–H groups in total. The maximum absolute atomic E-state index is 13.3. The Labute approximate surface area is 168 Å². The molecule has 1 aromatic carbocycles. The summed E-state index contributed by atoms with van der Waals surface area (Å²) in [7, 11) is 0. The van der Waals surface area contributed by atoms with Crippen LogP contribution in [0.3, 0.4) is 0 Å². The Bertz CT molecular complexity index is 766. The highest BCUT2D eigenvalue weighted by Crippen LogP contribution is 2.40. The van der Waals surface area contributed by atoms with Crippen molar-refractivity contribution in [1.82, 2.24) is 10.2 Å². The zero-order chi connectivity index (χ0) is 20.5. The lowest BCUT2D eigenvalue weighted by Gasteiger charge is -2.36. The average Bonchev–Trinajstić information content (AvgIpc) is 2.97. The molecule has 4 nitrogen and oxygen atoms in total. The maximum atomic E-state index is 13.3. The van der Waals surface area contributed by atoms with Gasteiger partial charge < -0.3 is 5.32 Å². The van der Waals surface area contributed by atoms with Crippen molar-refractivity contribution in [3.05, 3.63) is 34.9 Å². The molecule has 0 saturated carbocycles. The summed E-state index contributed by atoms with van der Waals surface area (Å²) in [6, 6.07) is 4.16. The number of amides is 1. The Morgan fingerprint density at radius 3 is 2.71 bits per heavy atom. The molecule has 0 radical (unpaired) electrons. The molecule has 2 aliphatic heterocycles. The normalized spacial score (nSPS) is 26.2. The molecule has 154 valence electrons. The number of likely N-dealkylation sites (tertiary alicyclic amines) is 1. The van der Waals surface area contributed by atoms with Crippen molar-refractivity contribution in [1.29, 1.82) is 0 Å². The van der Waals surface area contributed by atoms with E-state index in [0.717, 1.165) is 32.0 Å². The number of nitrogens with zero attached hydrogens (tertiary/aromatic N) is 2. The molecule has 2 unspecified atom stereocenters. The molecule has 3 rings (SSSR count). The van der Waals surface area contributed by atoms with Crippen molar-refractivity contribution >= 4 is 22.8 Å². The summed E-state index contributed by atoms with van der Waals surface area (Å²) in [5, 5.41) is 3.16. The molecule has 2 heterocycles. The number of carbonyl (C=O) groups is 1. The van der Waals surface area contributed by atoms with E-state index in [1.165, 1.54) is 31.2 Å². The van der Waals surface area contributed by atoms with Crippen LogP contribution in [-0.2, 0) is 11.0 Å². The van der Waals surface area contributed by atoms with Crippen molar-refractivity contribution in [3.63, 3.8) is 0 Å². The van der Waals surface area contributed by atoms with Gasteiger partial charge in [0.05, 0.1) is 16.9 Å². The fourth-order valence-electron chi connectivity index (χ4n) is 3.89. The molecule has 3 atom stereocenters. The van der Waals surface area contributed by atoms with Crippen molar-refractivity contribution in [2.24, 2.45) is 4.99 Å². The lowest BCUT2D eigenvalue weighted by Crippen LogP contribution is -2.42. The van der Waals surface area contributed by atoms with E-state index in [9.17, 15) is 18.0 Å². The number of alkyl halides is 3. The van der Waals surface area contributed by atoms with Crippen LogP contribution in [0.25, 0.3) is 0 Å². The van der Waals surface area contributed by atoms with Gasteiger partial charge in [-0.1, -0.05) is 29.8 Å².